The molecule has 0 saturated carbocycles. The van der Waals surface area contributed by atoms with E-state index in [4.69, 9.17) is 4.42 Å². The van der Waals surface area contributed by atoms with E-state index >= 15 is 0 Å². The summed E-state index contributed by atoms with van der Waals surface area (Å²) in [5.41, 5.74) is 1.09. The first-order valence-electron chi connectivity index (χ1n) is 5.43. The van der Waals surface area contributed by atoms with Gasteiger partial charge in [-0.15, -0.1) is 24.8 Å². The van der Waals surface area contributed by atoms with Crippen molar-refractivity contribution in [3.05, 3.63) is 17.8 Å². The Morgan fingerprint density at radius 3 is 2.81 bits per heavy atom. The Labute approximate surface area is 109 Å². The quantitative estimate of drug-likeness (QED) is 0.914. The molecule has 5 heteroatoms. The summed E-state index contributed by atoms with van der Waals surface area (Å²) in [4.78, 5) is 4.50. The zero-order valence-electron chi connectivity index (χ0n) is 9.73. The van der Waals surface area contributed by atoms with Crippen LogP contribution in [0.15, 0.2) is 10.7 Å². The molecule has 1 atom stereocenters. The van der Waals surface area contributed by atoms with Crippen LogP contribution in [0, 0.1) is 5.92 Å². The van der Waals surface area contributed by atoms with Gasteiger partial charge in [-0.2, -0.15) is 0 Å². The fourth-order valence-electron chi connectivity index (χ4n) is 1.89. The van der Waals surface area contributed by atoms with E-state index in [0.717, 1.165) is 31.0 Å². The molecule has 1 fully saturated rings. The minimum atomic E-state index is 0. The lowest BCUT2D eigenvalue weighted by atomic mass is 10.1. The molecule has 1 aromatic heterocycles. The smallest absolute Gasteiger partial charge is 0.211 e. The van der Waals surface area contributed by atoms with Crippen molar-refractivity contribution in [1.29, 1.82) is 0 Å². The number of halogens is 2. The second kappa shape index (κ2) is 7.15. The van der Waals surface area contributed by atoms with Gasteiger partial charge in [0.2, 0.25) is 5.89 Å². The number of nitrogens with zero attached hydrogens (tertiary/aromatic N) is 1. The van der Waals surface area contributed by atoms with E-state index in [1.54, 1.807) is 6.26 Å². The number of hydrogen-bond acceptors (Lipinski definition) is 3. The fraction of sp³-hybridized carbons (Fsp3) is 0.727. The van der Waals surface area contributed by atoms with Crippen LogP contribution >= 0.6 is 24.8 Å². The van der Waals surface area contributed by atoms with Gasteiger partial charge in [0.15, 0.2) is 0 Å². The van der Waals surface area contributed by atoms with Gasteiger partial charge < -0.3 is 9.73 Å². The summed E-state index contributed by atoms with van der Waals surface area (Å²) in [6, 6.07) is 0.357. The second-order valence-corrected chi connectivity index (χ2v) is 4.42. The van der Waals surface area contributed by atoms with Gasteiger partial charge in [-0.1, -0.05) is 13.8 Å². The van der Waals surface area contributed by atoms with E-state index in [-0.39, 0.29) is 24.8 Å². The average molecular weight is 267 g/mol. The molecule has 0 aliphatic carbocycles. The molecule has 1 saturated heterocycles. The van der Waals surface area contributed by atoms with Crippen molar-refractivity contribution in [2.45, 2.75) is 39.2 Å². The molecule has 0 amide bonds. The number of rotatable bonds is 3. The van der Waals surface area contributed by atoms with Crippen molar-refractivity contribution in [2.75, 3.05) is 6.54 Å². The minimum absolute atomic E-state index is 0. The molecule has 0 bridgehead atoms. The minimum Gasteiger partial charge on any atom is -0.447 e. The van der Waals surface area contributed by atoms with Crippen molar-refractivity contribution in [3.8, 4) is 0 Å². The second-order valence-electron chi connectivity index (χ2n) is 4.42. The zero-order chi connectivity index (χ0) is 9.97. The normalized spacial score (nSPS) is 19.3. The summed E-state index contributed by atoms with van der Waals surface area (Å²) in [6.45, 7) is 5.48. The molecule has 0 aromatic carbocycles. The Morgan fingerprint density at radius 1 is 1.50 bits per heavy atom. The molecular weight excluding hydrogens is 247 g/mol. The summed E-state index contributed by atoms with van der Waals surface area (Å²) in [6.07, 6.45) is 5.19. The van der Waals surface area contributed by atoms with Gasteiger partial charge in [-0.05, 0) is 31.7 Å². The third kappa shape index (κ3) is 3.96. The molecule has 94 valence electrons. The SMILES string of the molecule is CC(C)Cc1coc(C2CCCN2)n1.Cl.Cl. The molecular formula is C11H20Cl2N2O. The molecule has 0 radical (unpaired) electrons. The molecule has 16 heavy (non-hydrogen) atoms. The summed E-state index contributed by atoms with van der Waals surface area (Å²) >= 11 is 0. The largest absolute Gasteiger partial charge is 0.447 e. The van der Waals surface area contributed by atoms with Crippen LogP contribution in [-0.4, -0.2) is 11.5 Å². The van der Waals surface area contributed by atoms with Crippen LogP contribution in [0.1, 0.15) is 44.3 Å². The summed E-state index contributed by atoms with van der Waals surface area (Å²) < 4.78 is 5.48. The van der Waals surface area contributed by atoms with E-state index in [2.05, 4.69) is 24.1 Å². The molecule has 1 aliphatic rings. The van der Waals surface area contributed by atoms with Crippen LogP contribution in [0.5, 0.6) is 0 Å². The summed E-state index contributed by atoms with van der Waals surface area (Å²) in [5, 5.41) is 3.38. The Morgan fingerprint density at radius 2 is 2.25 bits per heavy atom. The lowest BCUT2D eigenvalue weighted by molar-refractivity contribution is 0.429. The molecule has 2 rings (SSSR count). The maximum absolute atomic E-state index is 5.48. The third-order valence-electron chi connectivity index (χ3n) is 2.55. The van der Waals surface area contributed by atoms with Gasteiger partial charge in [0.1, 0.15) is 6.26 Å². The van der Waals surface area contributed by atoms with Gasteiger partial charge in [0.05, 0.1) is 11.7 Å². The van der Waals surface area contributed by atoms with Crippen LogP contribution in [0.2, 0.25) is 0 Å². The Hall–Kier alpha value is -0.250. The van der Waals surface area contributed by atoms with Crippen LogP contribution in [0.25, 0.3) is 0 Å². The van der Waals surface area contributed by atoms with Crippen LogP contribution < -0.4 is 5.32 Å². The number of aromatic nitrogens is 1. The van der Waals surface area contributed by atoms with Crippen molar-refractivity contribution in [3.63, 3.8) is 0 Å². The maximum Gasteiger partial charge on any atom is 0.211 e. The average Bonchev–Trinajstić information content (AvgIpc) is 2.69. The molecule has 2 heterocycles. The van der Waals surface area contributed by atoms with E-state index < -0.39 is 0 Å². The first-order valence-corrected chi connectivity index (χ1v) is 5.43. The highest BCUT2D eigenvalue weighted by Gasteiger charge is 2.20. The fourth-order valence-corrected chi connectivity index (χ4v) is 1.89. The summed E-state index contributed by atoms with van der Waals surface area (Å²) in [5.74, 6) is 1.52. The van der Waals surface area contributed by atoms with Gasteiger partial charge in [0.25, 0.3) is 0 Å². The van der Waals surface area contributed by atoms with Crippen molar-refractivity contribution in [1.82, 2.24) is 10.3 Å². The number of nitrogens with one attached hydrogen (secondary N) is 1. The van der Waals surface area contributed by atoms with Crippen molar-refractivity contribution >= 4 is 24.8 Å². The van der Waals surface area contributed by atoms with Crippen molar-refractivity contribution < 1.29 is 4.42 Å². The van der Waals surface area contributed by atoms with Gasteiger partial charge in [0, 0.05) is 0 Å². The Balaban J connectivity index is 0.00000112. The van der Waals surface area contributed by atoms with E-state index in [0.29, 0.717) is 12.0 Å². The molecule has 0 spiro atoms. The highest BCUT2D eigenvalue weighted by atomic mass is 35.5. The topological polar surface area (TPSA) is 38.1 Å². The third-order valence-corrected chi connectivity index (χ3v) is 2.55. The first kappa shape index (κ1) is 15.8. The molecule has 1 unspecified atom stereocenters. The lowest BCUT2D eigenvalue weighted by Gasteiger charge is -2.03. The van der Waals surface area contributed by atoms with Crippen LogP contribution in [0.4, 0.5) is 0 Å². The number of oxazole rings is 1. The molecule has 1 aliphatic heterocycles. The first-order chi connectivity index (χ1) is 6.75. The van der Waals surface area contributed by atoms with Crippen LogP contribution in [-0.2, 0) is 6.42 Å². The van der Waals surface area contributed by atoms with Crippen molar-refractivity contribution in [2.24, 2.45) is 5.92 Å². The zero-order valence-corrected chi connectivity index (χ0v) is 11.4. The Kier molecular flexibility index (Phi) is 7.04. The maximum atomic E-state index is 5.48. The van der Waals surface area contributed by atoms with E-state index in [9.17, 15) is 0 Å². The number of hydrogen-bond donors (Lipinski definition) is 1. The molecule has 3 nitrogen and oxygen atoms in total. The lowest BCUT2D eigenvalue weighted by Crippen LogP contribution is -2.13. The van der Waals surface area contributed by atoms with Crippen LogP contribution in [0.3, 0.4) is 0 Å². The van der Waals surface area contributed by atoms with Gasteiger partial charge in [-0.25, -0.2) is 4.98 Å². The van der Waals surface area contributed by atoms with E-state index in [1.807, 2.05) is 0 Å². The predicted molar refractivity (Wildman–Crippen MR) is 69.5 cm³/mol. The Bertz CT molecular complexity index is 296. The highest BCUT2D eigenvalue weighted by Crippen LogP contribution is 2.22. The monoisotopic (exact) mass is 266 g/mol. The predicted octanol–water partition coefficient (Wildman–Crippen LogP) is 3.14. The molecule has 1 N–H and O–H groups in total. The summed E-state index contributed by atoms with van der Waals surface area (Å²) in [7, 11) is 0. The van der Waals surface area contributed by atoms with Gasteiger partial charge in [-0.3, -0.25) is 0 Å². The standard InChI is InChI=1S/C11H18N2O.2ClH/c1-8(2)6-9-7-14-11(13-9)10-4-3-5-12-10;;/h7-8,10,12H,3-6H2,1-2H3;2*1H. The highest BCUT2D eigenvalue weighted by molar-refractivity contribution is 5.85. The van der Waals surface area contributed by atoms with E-state index in [1.165, 1.54) is 6.42 Å². The molecule has 1 aromatic rings. The van der Waals surface area contributed by atoms with Gasteiger partial charge >= 0.3 is 0 Å².